The fraction of sp³-hybridized carbons (Fsp3) is 0.242. The normalized spacial score (nSPS) is 14.6. The van der Waals surface area contributed by atoms with Gasteiger partial charge in [-0.3, -0.25) is 4.79 Å². The van der Waals surface area contributed by atoms with Gasteiger partial charge in [-0.15, -0.1) is 0 Å². The van der Waals surface area contributed by atoms with Crippen molar-refractivity contribution in [3.8, 4) is 11.1 Å². The molecule has 1 amide bonds. The Balaban J connectivity index is 1.28. The van der Waals surface area contributed by atoms with Crippen molar-refractivity contribution < 1.29 is 26.7 Å². The molecule has 4 aromatic rings. The van der Waals surface area contributed by atoms with E-state index < -0.39 is 15.7 Å². The summed E-state index contributed by atoms with van der Waals surface area (Å²) in [4.78, 5) is 17.2. The molecule has 1 aliphatic heterocycles. The topological polar surface area (TPSA) is 66.9 Å². The Morgan fingerprint density at radius 3 is 2.21 bits per heavy atom. The van der Waals surface area contributed by atoms with Crippen LogP contribution in [0, 0.1) is 11.6 Å². The van der Waals surface area contributed by atoms with Crippen molar-refractivity contribution in [1.29, 1.82) is 0 Å². The molecule has 1 atom stereocenters. The van der Waals surface area contributed by atoms with Gasteiger partial charge < -0.3 is 14.5 Å². The SMILES string of the molecule is CC(OCc1ccccc1)c1ccc(N2CCN(C(=O)c3cc(S(C)(=O)=O)ccc3-c3ccc(F)cc3)CC2)c(F)c1. The van der Waals surface area contributed by atoms with Crippen LogP contribution in [0.4, 0.5) is 14.5 Å². The highest BCUT2D eigenvalue weighted by Crippen LogP contribution is 2.30. The molecule has 4 aromatic carbocycles. The van der Waals surface area contributed by atoms with Crippen LogP contribution in [0.15, 0.2) is 95.9 Å². The lowest BCUT2D eigenvalue weighted by Crippen LogP contribution is -2.49. The molecule has 1 heterocycles. The number of rotatable bonds is 8. The van der Waals surface area contributed by atoms with Crippen LogP contribution in [0.25, 0.3) is 11.1 Å². The molecule has 0 saturated carbocycles. The largest absolute Gasteiger partial charge is 0.369 e. The number of ether oxygens (including phenoxy) is 1. The molecule has 0 aromatic heterocycles. The van der Waals surface area contributed by atoms with Gasteiger partial charge in [0.05, 0.1) is 23.3 Å². The maximum absolute atomic E-state index is 15.2. The predicted molar refractivity (Wildman–Crippen MR) is 159 cm³/mol. The summed E-state index contributed by atoms with van der Waals surface area (Å²) in [6.07, 6.45) is 0.796. The number of amides is 1. The van der Waals surface area contributed by atoms with Gasteiger partial charge in [-0.25, -0.2) is 17.2 Å². The standard InChI is InChI=1S/C33H32F2N2O4S/c1-23(41-22-24-6-4-3-5-7-24)26-10-15-32(31(35)20-26)36-16-18-37(19-17-36)33(38)30-21-28(42(2,39)40)13-14-29(30)25-8-11-27(34)12-9-25/h3-15,20-21,23H,16-19,22H2,1-2H3. The highest BCUT2D eigenvalue weighted by Gasteiger charge is 2.27. The molecule has 0 spiro atoms. The van der Waals surface area contributed by atoms with Crippen molar-refractivity contribution in [1.82, 2.24) is 4.90 Å². The van der Waals surface area contributed by atoms with Gasteiger partial charge in [-0.2, -0.15) is 0 Å². The fourth-order valence-electron chi connectivity index (χ4n) is 5.06. The van der Waals surface area contributed by atoms with Crippen molar-refractivity contribution in [2.75, 3.05) is 37.3 Å². The lowest BCUT2D eigenvalue weighted by atomic mass is 9.98. The Labute approximate surface area is 245 Å². The molecule has 0 N–H and O–H groups in total. The second-order valence-electron chi connectivity index (χ2n) is 10.4. The summed E-state index contributed by atoms with van der Waals surface area (Å²) >= 11 is 0. The summed E-state index contributed by atoms with van der Waals surface area (Å²) < 4.78 is 59.2. The van der Waals surface area contributed by atoms with Crippen molar-refractivity contribution in [3.63, 3.8) is 0 Å². The van der Waals surface area contributed by atoms with Crippen molar-refractivity contribution in [3.05, 3.63) is 119 Å². The molecule has 218 valence electrons. The molecule has 6 nitrogen and oxygen atoms in total. The third-order valence-corrected chi connectivity index (χ3v) is 8.61. The zero-order chi connectivity index (χ0) is 29.9. The van der Waals surface area contributed by atoms with Crippen LogP contribution in [0.1, 0.15) is 34.5 Å². The third kappa shape index (κ3) is 6.69. The Kier molecular flexibility index (Phi) is 8.70. The first-order valence-electron chi connectivity index (χ1n) is 13.7. The minimum absolute atomic E-state index is 0.0273. The van der Waals surface area contributed by atoms with Crippen LogP contribution in [0.5, 0.6) is 0 Å². The second-order valence-corrected chi connectivity index (χ2v) is 12.4. The predicted octanol–water partition coefficient (Wildman–Crippen LogP) is 6.28. The van der Waals surface area contributed by atoms with Crippen molar-refractivity contribution in [2.24, 2.45) is 0 Å². The van der Waals surface area contributed by atoms with Crippen LogP contribution in [0.3, 0.4) is 0 Å². The van der Waals surface area contributed by atoms with Crippen molar-refractivity contribution >= 4 is 21.4 Å². The van der Waals surface area contributed by atoms with Gasteiger partial charge in [-0.1, -0.05) is 54.6 Å². The van der Waals surface area contributed by atoms with E-state index in [1.807, 2.05) is 48.2 Å². The van der Waals surface area contributed by atoms with Gasteiger partial charge in [0.2, 0.25) is 0 Å². The van der Waals surface area contributed by atoms with E-state index >= 15 is 4.39 Å². The minimum Gasteiger partial charge on any atom is -0.369 e. The zero-order valence-corrected chi connectivity index (χ0v) is 24.3. The van der Waals surface area contributed by atoms with E-state index in [1.165, 1.54) is 30.3 Å². The maximum atomic E-state index is 15.2. The number of carbonyl (C=O) groups excluding carboxylic acids is 1. The first-order valence-corrected chi connectivity index (χ1v) is 15.6. The maximum Gasteiger partial charge on any atom is 0.254 e. The smallest absolute Gasteiger partial charge is 0.254 e. The molecule has 42 heavy (non-hydrogen) atoms. The van der Waals surface area contributed by atoms with Gasteiger partial charge in [-0.05, 0) is 65.6 Å². The van der Waals surface area contributed by atoms with Gasteiger partial charge in [0.1, 0.15) is 11.6 Å². The van der Waals surface area contributed by atoms with Gasteiger partial charge >= 0.3 is 0 Å². The monoisotopic (exact) mass is 590 g/mol. The van der Waals surface area contributed by atoms with Gasteiger partial charge in [0.15, 0.2) is 9.84 Å². The van der Waals surface area contributed by atoms with Crippen LogP contribution in [-0.4, -0.2) is 51.7 Å². The first-order chi connectivity index (χ1) is 20.1. The number of sulfone groups is 1. The molecular formula is C33H32F2N2O4S. The summed E-state index contributed by atoms with van der Waals surface area (Å²) in [6.45, 7) is 3.77. The first kappa shape index (κ1) is 29.4. The third-order valence-electron chi connectivity index (χ3n) is 7.50. The number of piperazine rings is 1. The summed E-state index contributed by atoms with van der Waals surface area (Å²) in [5.41, 5.74) is 3.56. The van der Waals surface area contributed by atoms with E-state index in [2.05, 4.69) is 0 Å². The lowest BCUT2D eigenvalue weighted by molar-refractivity contribution is 0.0523. The van der Waals surface area contributed by atoms with Gasteiger partial charge in [0, 0.05) is 38.0 Å². The van der Waals surface area contributed by atoms with E-state index in [0.29, 0.717) is 49.6 Å². The minimum atomic E-state index is -3.56. The summed E-state index contributed by atoms with van der Waals surface area (Å²) in [7, 11) is -3.56. The number of hydrogen-bond acceptors (Lipinski definition) is 5. The van der Waals surface area contributed by atoms with E-state index in [9.17, 15) is 17.6 Å². The van der Waals surface area contributed by atoms with Crippen LogP contribution < -0.4 is 4.90 Å². The second kappa shape index (κ2) is 12.4. The van der Waals surface area contributed by atoms with Crippen molar-refractivity contribution in [2.45, 2.75) is 24.5 Å². The summed E-state index contributed by atoms with van der Waals surface area (Å²) in [6, 6.07) is 25.0. The number of halogens is 2. The van der Waals surface area contributed by atoms with Crippen LogP contribution >= 0.6 is 0 Å². The molecule has 1 saturated heterocycles. The molecule has 0 aliphatic carbocycles. The molecule has 1 unspecified atom stereocenters. The average molecular weight is 591 g/mol. The summed E-state index contributed by atoms with van der Waals surface area (Å²) in [5, 5.41) is 0. The molecule has 0 radical (unpaired) electrons. The van der Waals surface area contributed by atoms with E-state index in [4.69, 9.17) is 4.74 Å². The molecule has 1 fully saturated rings. The Hall–Kier alpha value is -4.08. The van der Waals surface area contributed by atoms with Gasteiger partial charge in [0.25, 0.3) is 5.91 Å². The van der Waals surface area contributed by atoms with Crippen LogP contribution in [-0.2, 0) is 21.2 Å². The van der Waals surface area contributed by atoms with E-state index in [-0.39, 0.29) is 28.3 Å². The quantitative estimate of drug-likeness (QED) is 0.242. The zero-order valence-electron chi connectivity index (χ0n) is 23.5. The molecule has 1 aliphatic rings. The molecule has 9 heteroatoms. The number of benzene rings is 4. The fourth-order valence-corrected chi connectivity index (χ4v) is 5.70. The molecular weight excluding hydrogens is 558 g/mol. The highest BCUT2D eigenvalue weighted by molar-refractivity contribution is 7.90. The van der Waals surface area contributed by atoms with E-state index in [1.54, 1.807) is 29.2 Å². The molecule has 0 bridgehead atoms. The van der Waals surface area contributed by atoms with E-state index in [0.717, 1.165) is 17.4 Å². The Bertz CT molecular complexity index is 1670. The number of anilines is 1. The number of carbonyl (C=O) groups is 1. The number of nitrogens with zero attached hydrogens (tertiary/aromatic N) is 2. The Morgan fingerprint density at radius 2 is 1.57 bits per heavy atom. The lowest BCUT2D eigenvalue weighted by Gasteiger charge is -2.36. The molecule has 5 rings (SSSR count). The average Bonchev–Trinajstić information content (AvgIpc) is 3.00. The van der Waals surface area contributed by atoms with Crippen LogP contribution in [0.2, 0.25) is 0 Å². The highest BCUT2D eigenvalue weighted by atomic mass is 32.2. The Morgan fingerprint density at radius 1 is 0.881 bits per heavy atom. The number of hydrogen-bond donors (Lipinski definition) is 0. The summed E-state index contributed by atoms with van der Waals surface area (Å²) in [5.74, 6) is -1.11.